The first-order valence-corrected chi connectivity index (χ1v) is 5.94. The van der Waals surface area contributed by atoms with Crippen LogP contribution in [0.25, 0.3) is 10.1 Å². The molecular formula is C11H13N3S. The summed E-state index contributed by atoms with van der Waals surface area (Å²) < 4.78 is 1.33. The van der Waals surface area contributed by atoms with Crippen molar-refractivity contribution in [2.45, 2.75) is 12.1 Å². The Balaban J connectivity index is 2.10. The van der Waals surface area contributed by atoms with Crippen LogP contribution in [-0.4, -0.2) is 12.6 Å². The Hall–Kier alpha value is -0.940. The third-order valence-electron chi connectivity index (χ3n) is 2.87. The summed E-state index contributed by atoms with van der Waals surface area (Å²) in [5, 5.41) is 3.52. The molecule has 2 atom stereocenters. The van der Waals surface area contributed by atoms with E-state index in [0.717, 1.165) is 6.54 Å². The summed E-state index contributed by atoms with van der Waals surface area (Å²) in [5.41, 5.74) is 13.7. The Bertz CT molecular complexity index is 479. The smallest absolute Gasteiger partial charge is 0.0640 e. The van der Waals surface area contributed by atoms with Crippen LogP contribution in [0.3, 0.4) is 0 Å². The van der Waals surface area contributed by atoms with Gasteiger partial charge in [-0.25, -0.2) is 5.43 Å². The minimum atomic E-state index is 0.156. The molecule has 0 bridgehead atoms. The summed E-state index contributed by atoms with van der Waals surface area (Å²) in [6.45, 7) is 0.828. The lowest BCUT2D eigenvalue weighted by molar-refractivity contribution is 0.556. The second-order valence-electron chi connectivity index (χ2n) is 3.85. The van der Waals surface area contributed by atoms with Gasteiger partial charge in [-0.1, -0.05) is 18.2 Å². The van der Waals surface area contributed by atoms with Crippen LogP contribution < -0.4 is 16.6 Å². The van der Waals surface area contributed by atoms with Gasteiger partial charge in [-0.05, 0) is 22.4 Å². The molecule has 15 heavy (non-hydrogen) atoms. The lowest BCUT2D eigenvalue weighted by Crippen LogP contribution is -2.29. The van der Waals surface area contributed by atoms with Crippen molar-refractivity contribution in [2.75, 3.05) is 6.54 Å². The van der Waals surface area contributed by atoms with E-state index < -0.39 is 0 Å². The number of nitrogens with two attached hydrogens (primary N) is 1. The number of nitrogens with one attached hydrogen (secondary N) is 2. The molecule has 0 amide bonds. The molecule has 1 aliphatic rings. The topological polar surface area (TPSA) is 50.1 Å². The molecule has 1 aliphatic heterocycles. The van der Waals surface area contributed by atoms with Crippen LogP contribution >= 0.6 is 11.3 Å². The maximum atomic E-state index is 6.04. The molecule has 3 nitrogen and oxygen atoms in total. The van der Waals surface area contributed by atoms with Crippen molar-refractivity contribution in [1.82, 2.24) is 10.9 Å². The SMILES string of the molecule is NC1CNNC1c1csc2ccccc12. The third kappa shape index (κ3) is 1.46. The van der Waals surface area contributed by atoms with Gasteiger partial charge in [0, 0.05) is 17.3 Å². The van der Waals surface area contributed by atoms with E-state index >= 15 is 0 Å². The van der Waals surface area contributed by atoms with Gasteiger partial charge >= 0.3 is 0 Å². The summed E-state index contributed by atoms with van der Waals surface area (Å²) in [7, 11) is 0. The first-order valence-electron chi connectivity index (χ1n) is 5.06. The van der Waals surface area contributed by atoms with E-state index in [9.17, 15) is 0 Å². The average Bonchev–Trinajstić information content (AvgIpc) is 2.83. The summed E-state index contributed by atoms with van der Waals surface area (Å²) in [4.78, 5) is 0. The number of hydrogen-bond donors (Lipinski definition) is 3. The lowest BCUT2D eigenvalue weighted by Gasteiger charge is -2.13. The van der Waals surface area contributed by atoms with Gasteiger partial charge < -0.3 is 5.73 Å². The zero-order valence-electron chi connectivity index (χ0n) is 8.23. The number of hydrazine groups is 1. The van der Waals surface area contributed by atoms with Gasteiger partial charge in [-0.3, -0.25) is 5.43 Å². The Kier molecular flexibility index (Phi) is 2.21. The molecule has 78 valence electrons. The van der Waals surface area contributed by atoms with Crippen molar-refractivity contribution in [3.63, 3.8) is 0 Å². The lowest BCUT2D eigenvalue weighted by atomic mass is 10.0. The molecule has 2 aromatic rings. The first-order chi connectivity index (χ1) is 7.36. The van der Waals surface area contributed by atoms with Crippen LogP contribution in [0.1, 0.15) is 11.6 Å². The molecule has 1 saturated heterocycles. The number of rotatable bonds is 1. The Morgan fingerprint density at radius 2 is 2.20 bits per heavy atom. The summed E-state index contributed by atoms with van der Waals surface area (Å²) in [5.74, 6) is 0. The Morgan fingerprint density at radius 1 is 1.33 bits per heavy atom. The van der Waals surface area contributed by atoms with E-state index in [1.165, 1.54) is 15.6 Å². The quantitative estimate of drug-likeness (QED) is 0.679. The molecule has 1 aromatic heterocycles. The molecule has 1 aromatic carbocycles. The van der Waals surface area contributed by atoms with Gasteiger partial charge in [0.2, 0.25) is 0 Å². The molecule has 0 spiro atoms. The van der Waals surface area contributed by atoms with E-state index in [1.807, 2.05) is 0 Å². The van der Waals surface area contributed by atoms with Crippen molar-refractivity contribution in [2.24, 2.45) is 5.73 Å². The number of hydrogen-bond acceptors (Lipinski definition) is 4. The van der Waals surface area contributed by atoms with Crippen LogP contribution in [-0.2, 0) is 0 Å². The number of fused-ring (bicyclic) bond motifs is 1. The zero-order chi connectivity index (χ0) is 10.3. The van der Waals surface area contributed by atoms with Crippen molar-refractivity contribution in [3.8, 4) is 0 Å². The molecular weight excluding hydrogens is 206 g/mol. The molecule has 4 N–H and O–H groups in total. The molecule has 0 radical (unpaired) electrons. The monoisotopic (exact) mass is 219 g/mol. The third-order valence-corrected chi connectivity index (χ3v) is 3.85. The molecule has 4 heteroatoms. The van der Waals surface area contributed by atoms with Crippen molar-refractivity contribution in [3.05, 3.63) is 35.2 Å². The summed E-state index contributed by atoms with van der Waals surface area (Å²) in [6, 6.07) is 8.85. The number of benzene rings is 1. The van der Waals surface area contributed by atoms with E-state index in [1.54, 1.807) is 11.3 Å². The fourth-order valence-corrected chi connectivity index (χ4v) is 3.06. The Morgan fingerprint density at radius 3 is 3.00 bits per heavy atom. The Labute approximate surface area is 92.3 Å². The highest BCUT2D eigenvalue weighted by Gasteiger charge is 2.26. The van der Waals surface area contributed by atoms with E-state index in [4.69, 9.17) is 5.73 Å². The molecule has 2 heterocycles. The highest BCUT2D eigenvalue weighted by atomic mass is 32.1. The predicted molar refractivity (Wildman–Crippen MR) is 63.7 cm³/mol. The molecule has 3 rings (SSSR count). The second kappa shape index (κ2) is 3.57. The molecule has 0 saturated carbocycles. The van der Waals surface area contributed by atoms with E-state index in [-0.39, 0.29) is 12.1 Å². The largest absolute Gasteiger partial charge is 0.325 e. The van der Waals surface area contributed by atoms with E-state index in [0.29, 0.717) is 0 Å². The molecule has 0 aliphatic carbocycles. The van der Waals surface area contributed by atoms with Crippen LogP contribution in [0, 0.1) is 0 Å². The highest BCUT2D eigenvalue weighted by molar-refractivity contribution is 7.17. The van der Waals surface area contributed by atoms with Crippen LogP contribution in [0.4, 0.5) is 0 Å². The van der Waals surface area contributed by atoms with Gasteiger partial charge in [0.1, 0.15) is 0 Å². The van der Waals surface area contributed by atoms with Crippen LogP contribution in [0.5, 0.6) is 0 Å². The van der Waals surface area contributed by atoms with Crippen molar-refractivity contribution < 1.29 is 0 Å². The average molecular weight is 219 g/mol. The van der Waals surface area contributed by atoms with Crippen molar-refractivity contribution >= 4 is 21.4 Å². The number of thiophene rings is 1. The minimum absolute atomic E-state index is 0.156. The van der Waals surface area contributed by atoms with Crippen LogP contribution in [0.15, 0.2) is 29.6 Å². The van der Waals surface area contributed by atoms with E-state index in [2.05, 4.69) is 40.5 Å². The fraction of sp³-hybridized carbons (Fsp3) is 0.273. The maximum absolute atomic E-state index is 6.04. The van der Waals surface area contributed by atoms with Crippen LogP contribution in [0.2, 0.25) is 0 Å². The van der Waals surface area contributed by atoms with Crippen molar-refractivity contribution in [1.29, 1.82) is 0 Å². The van der Waals surface area contributed by atoms with Gasteiger partial charge in [0.05, 0.1) is 6.04 Å². The predicted octanol–water partition coefficient (Wildman–Crippen LogP) is 1.38. The molecule has 1 fully saturated rings. The minimum Gasteiger partial charge on any atom is -0.325 e. The summed E-state index contributed by atoms with van der Waals surface area (Å²) in [6.07, 6.45) is 0. The molecule has 2 unspecified atom stereocenters. The normalized spacial score (nSPS) is 26.2. The fourth-order valence-electron chi connectivity index (χ4n) is 2.06. The van der Waals surface area contributed by atoms with Gasteiger partial charge in [-0.2, -0.15) is 0 Å². The maximum Gasteiger partial charge on any atom is 0.0640 e. The summed E-state index contributed by atoms with van der Waals surface area (Å²) >= 11 is 1.78. The van der Waals surface area contributed by atoms with Gasteiger partial charge in [-0.15, -0.1) is 11.3 Å². The second-order valence-corrected chi connectivity index (χ2v) is 4.77. The first kappa shape index (κ1) is 9.30. The van der Waals surface area contributed by atoms with Gasteiger partial charge in [0.15, 0.2) is 0 Å². The highest BCUT2D eigenvalue weighted by Crippen LogP contribution is 2.31. The standard InChI is InChI=1S/C11H13N3S/c12-9-5-13-14-11(9)8-6-15-10-4-2-1-3-7(8)10/h1-4,6,9,11,13-14H,5,12H2. The van der Waals surface area contributed by atoms with Gasteiger partial charge in [0.25, 0.3) is 0 Å². The zero-order valence-corrected chi connectivity index (χ0v) is 9.05.